The van der Waals surface area contributed by atoms with Crippen molar-refractivity contribution in [3.63, 3.8) is 0 Å². The van der Waals surface area contributed by atoms with Gasteiger partial charge in [0.1, 0.15) is 10.7 Å². The highest BCUT2D eigenvalue weighted by Gasteiger charge is 2.09. The fraction of sp³-hybridized carbons (Fsp3) is 0.0833. The molecule has 2 rings (SSSR count). The third kappa shape index (κ3) is 2.57. The summed E-state index contributed by atoms with van der Waals surface area (Å²) in [5.41, 5.74) is 7.84. The van der Waals surface area contributed by atoms with Crippen LogP contribution in [0, 0.1) is 6.92 Å². The van der Waals surface area contributed by atoms with E-state index in [1.165, 1.54) is 0 Å². The Hall–Kier alpha value is -1.72. The molecule has 0 amide bonds. The van der Waals surface area contributed by atoms with Crippen LogP contribution in [0.15, 0.2) is 30.6 Å². The summed E-state index contributed by atoms with van der Waals surface area (Å²) in [5.74, 6) is 0.523. The summed E-state index contributed by atoms with van der Waals surface area (Å²) in [7, 11) is 0. The molecule has 2 aromatic rings. The van der Waals surface area contributed by atoms with Gasteiger partial charge in [0.15, 0.2) is 5.82 Å². The maximum atomic E-state index is 6.06. The van der Waals surface area contributed by atoms with Gasteiger partial charge in [-0.15, -0.1) is 0 Å². The van der Waals surface area contributed by atoms with E-state index in [1.807, 2.05) is 25.1 Å². The molecule has 0 saturated carbocycles. The summed E-state index contributed by atoms with van der Waals surface area (Å²) >= 11 is 11.0. The van der Waals surface area contributed by atoms with Crippen molar-refractivity contribution in [1.29, 1.82) is 0 Å². The maximum absolute atomic E-state index is 6.06. The quantitative estimate of drug-likeness (QED) is 0.845. The number of halogens is 1. The van der Waals surface area contributed by atoms with E-state index in [0.29, 0.717) is 16.5 Å². The molecule has 0 aliphatic heterocycles. The predicted molar refractivity (Wildman–Crippen MR) is 77.4 cm³/mol. The number of anilines is 2. The molecule has 0 radical (unpaired) electrons. The van der Waals surface area contributed by atoms with Gasteiger partial charge in [0.05, 0.1) is 0 Å². The molecule has 0 bridgehead atoms. The number of rotatable bonds is 3. The molecule has 0 spiro atoms. The van der Waals surface area contributed by atoms with Gasteiger partial charge in [-0.3, -0.25) is 0 Å². The average Bonchev–Trinajstić information content (AvgIpc) is 2.35. The van der Waals surface area contributed by atoms with Crippen LogP contribution < -0.4 is 11.1 Å². The molecule has 0 unspecified atom stereocenters. The second kappa shape index (κ2) is 5.29. The molecule has 18 heavy (non-hydrogen) atoms. The first-order valence-electron chi connectivity index (χ1n) is 5.22. The molecule has 0 saturated heterocycles. The van der Waals surface area contributed by atoms with E-state index in [2.05, 4.69) is 15.3 Å². The molecule has 6 heteroatoms. The highest BCUT2D eigenvalue weighted by atomic mass is 35.5. The lowest BCUT2D eigenvalue weighted by molar-refractivity contribution is 1.17. The van der Waals surface area contributed by atoms with Crippen molar-refractivity contribution >= 4 is 40.3 Å². The molecule has 1 aromatic heterocycles. The normalized spacial score (nSPS) is 10.1. The minimum absolute atomic E-state index is 0.199. The fourth-order valence-electron chi connectivity index (χ4n) is 1.48. The van der Waals surface area contributed by atoms with Gasteiger partial charge in [-0.05, 0) is 24.6 Å². The minimum atomic E-state index is 0.199. The lowest BCUT2D eigenvalue weighted by atomic mass is 10.2. The number of nitrogens with two attached hydrogens (primary N) is 1. The summed E-state index contributed by atoms with van der Waals surface area (Å²) < 4.78 is 0. The van der Waals surface area contributed by atoms with E-state index in [4.69, 9.17) is 29.6 Å². The lowest BCUT2D eigenvalue weighted by Crippen LogP contribution is -2.15. The van der Waals surface area contributed by atoms with Crippen LogP contribution in [-0.4, -0.2) is 15.0 Å². The molecule has 92 valence electrons. The Balaban J connectivity index is 2.40. The molecule has 0 aliphatic rings. The van der Waals surface area contributed by atoms with Gasteiger partial charge in [-0.25, -0.2) is 9.97 Å². The average molecular weight is 279 g/mol. The van der Waals surface area contributed by atoms with E-state index >= 15 is 0 Å². The zero-order chi connectivity index (χ0) is 13.1. The summed E-state index contributed by atoms with van der Waals surface area (Å²) in [6, 6.07) is 5.58. The van der Waals surface area contributed by atoms with Gasteiger partial charge < -0.3 is 11.1 Å². The lowest BCUT2D eigenvalue weighted by Gasteiger charge is -2.11. The Morgan fingerprint density at radius 3 is 2.78 bits per heavy atom. The maximum Gasteiger partial charge on any atom is 0.159 e. The van der Waals surface area contributed by atoms with E-state index in [9.17, 15) is 0 Å². The zero-order valence-corrected chi connectivity index (χ0v) is 11.2. The molecule has 0 aliphatic carbocycles. The second-order valence-corrected chi connectivity index (χ2v) is 4.50. The number of nitrogens with zero attached hydrogens (tertiary/aromatic N) is 2. The Bertz CT molecular complexity index is 600. The van der Waals surface area contributed by atoms with E-state index in [0.717, 1.165) is 11.3 Å². The minimum Gasteiger partial charge on any atom is -0.388 e. The molecule has 4 nitrogen and oxygen atoms in total. The fourth-order valence-corrected chi connectivity index (χ4v) is 1.80. The molecular weight excluding hydrogens is 268 g/mol. The Morgan fingerprint density at radius 2 is 2.06 bits per heavy atom. The Morgan fingerprint density at radius 1 is 1.33 bits per heavy atom. The van der Waals surface area contributed by atoms with Crippen molar-refractivity contribution < 1.29 is 0 Å². The first-order chi connectivity index (χ1) is 8.59. The van der Waals surface area contributed by atoms with Crippen LogP contribution in [-0.2, 0) is 0 Å². The van der Waals surface area contributed by atoms with E-state index in [1.54, 1.807) is 12.4 Å². The van der Waals surface area contributed by atoms with Gasteiger partial charge in [0, 0.05) is 23.1 Å². The van der Waals surface area contributed by atoms with Gasteiger partial charge in [-0.2, -0.15) is 0 Å². The molecule has 1 aromatic carbocycles. The van der Waals surface area contributed by atoms with E-state index < -0.39 is 0 Å². The standard InChI is InChI=1S/C12H11ClN4S/c1-7-8(13)3-2-4-9(7)17-12-10(11(14)18)15-5-6-16-12/h2-6H,1H3,(H2,14,18)(H,16,17). The van der Waals surface area contributed by atoms with Crippen LogP contribution in [0.4, 0.5) is 11.5 Å². The van der Waals surface area contributed by atoms with Crippen LogP contribution >= 0.6 is 23.8 Å². The van der Waals surface area contributed by atoms with Gasteiger partial charge >= 0.3 is 0 Å². The topological polar surface area (TPSA) is 63.8 Å². The van der Waals surface area contributed by atoms with Crippen molar-refractivity contribution in [1.82, 2.24) is 9.97 Å². The number of hydrogen-bond donors (Lipinski definition) is 2. The number of hydrogen-bond acceptors (Lipinski definition) is 4. The predicted octanol–water partition coefficient (Wildman–Crippen LogP) is 2.82. The summed E-state index contributed by atoms with van der Waals surface area (Å²) in [5, 5.41) is 3.82. The Kier molecular flexibility index (Phi) is 3.74. The van der Waals surface area contributed by atoms with Crippen LogP contribution in [0.25, 0.3) is 0 Å². The van der Waals surface area contributed by atoms with Crippen LogP contribution in [0.3, 0.4) is 0 Å². The first kappa shape index (κ1) is 12.7. The molecular formula is C12H11ClN4S. The van der Waals surface area contributed by atoms with Crippen molar-refractivity contribution in [2.45, 2.75) is 6.92 Å². The number of benzene rings is 1. The molecule has 1 heterocycles. The summed E-state index contributed by atoms with van der Waals surface area (Å²) in [6.45, 7) is 1.92. The SMILES string of the molecule is Cc1c(Cl)cccc1Nc1nccnc1C(N)=S. The van der Waals surface area contributed by atoms with Crippen molar-refractivity contribution in [2.75, 3.05) is 5.32 Å². The van der Waals surface area contributed by atoms with Crippen molar-refractivity contribution in [2.24, 2.45) is 5.73 Å². The number of nitrogens with one attached hydrogen (secondary N) is 1. The number of aromatic nitrogens is 2. The first-order valence-corrected chi connectivity index (χ1v) is 6.01. The zero-order valence-electron chi connectivity index (χ0n) is 9.64. The summed E-state index contributed by atoms with van der Waals surface area (Å²) in [6.07, 6.45) is 3.12. The Labute approximate surface area is 115 Å². The summed E-state index contributed by atoms with van der Waals surface area (Å²) in [4.78, 5) is 8.48. The molecule has 0 fully saturated rings. The highest BCUT2D eigenvalue weighted by molar-refractivity contribution is 7.80. The second-order valence-electron chi connectivity index (χ2n) is 3.66. The third-order valence-electron chi connectivity index (χ3n) is 2.45. The third-order valence-corrected chi connectivity index (χ3v) is 3.06. The molecule has 0 atom stereocenters. The van der Waals surface area contributed by atoms with Gasteiger partial charge in [0.2, 0.25) is 0 Å². The van der Waals surface area contributed by atoms with Crippen LogP contribution in [0.2, 0.25) is 5.02 Å². The van der Waals surface area contributed by atoms with Crippen LogP contribution in [0.5, 0.6) is 0 Å². The largest absolute Gasteiger partial charge is 0.388 e. The monoisotopic (exact) mass is 278 g/mol. The van der Waals surface area contributed by atoms with Gasteiger partial charge in [-0.1, -0.05) is 29.9 Å². The highest BCUT2D eigenvalue weighted by Crippen LogP contribution is 2.26. The van der Waals surface area contributed by atoms with E-state index in [-0.39, 0.29) is 4.99 Å². The van der Waals surface area contributed by atoms with Crippen LogP contribution in [0.1, 0.15) is 11.3 Å². The van der Waals surface area contributed by atoms with Crippen molar-refractivity contribution in [3.8, 4) is 0 Å². The molecule has 3 N–H and O–H groups in total. The number of thiocarbonyl (C=S) groups is 1. The van der Waals surface area contributed by atoms with Gasteiger partial charge in [0.25, 0.3) is 0 Å². The van der Waals surface area contributed by atoms with Crippen molar-refractivity contribution in [3.05, 3.63) is 46.9 Å². The smallest absolute Gasteiger partial charge is 0.159 e.